The Morgan fingerprint density at radius 1 is 1.26 bits per heavy atom. The van der Waals surface area contributed by atoms with Crippen LogP contribution >= 0.6 is 11.6 Å². The van der Waals surface area contributed by atoms with E-state index in [0.29, 0.717) is 22.3 Å². The largest absolute Gasteiger partial charge is 0.495 e. The molecule has 0 fully saturated rings. The van der Waals surface area contributed by atoms with E-state index >= 15 is 0 Å². The van der Waals surface area contributed by atoms with E-state index in [0.717, 1.165) is 5.65 Å². The van der Waals surface area contributed by atoms with Crippen molar-refractivity contribution in [2.75, 3.05) is 12.4 Å². The fourth-order valence-corrected chi connectivity index (χ4v) is 2.45. The summed E-state index contributed by atoms with van der Waals surface area (Å²) in [6, 6.07) is 12.8. The molecular weight excluding hydrogens is 314 g/mol. The number of imidazole rings is 1. The average molecular weight is 328 g/mol. The van der Waals surface area contributed by atoms with Crippen LogP contribution in [0.2, 0.25) is 5.15 Å². The van der Waals surface area contributed by atoms with Crippen LogP contribution in [0.4, 0.5) is 5.69 Å². The van der Waals surface area contributed by atoms with Gasteiger partial charge in [-0.05, 0) is 30.3 Å². The lowest BCUT2D eigenvalue weighted by molar-refractivity contribution is -0.111. The van der Waals surface area contributed by atoms with Crippen molar-refractivity contribution in [2.45, 2.75) is 0 Å². The van der Waals surface area contributed by atoms with E-state index in [-0.39, 0.29) is 5.91 Å². The zero-order valence-corrected chi connectivity index (χ0v) is 13.1. The third kappa shape index (κ3) is 3.19. The average Bonchev–Trinajstić information content (AvgIpc) is 2.88. The van der Waals surface area contributed by atoms with Crippen molar-refractivity contribution < 1.29 is 9.53 Å². The minimum atomic E-state index is -0.281. The number of para-hydroxylation sites is 2. The minimum absolute atomic E-state index is 0.281. The van der Waals surface area contributed by atoms with E-state index in [1.54, 1.807) is 25.3 Å². The number of hydrogen-bond acceptors (Lipinski definition) is 3. The third-order valence-electron chi connectivity index (χ3n) is 3.28. The van der Waals surface area contributed by atoms with Gasteiger partial charge in [0.05, 0.1) is 18.5 Å². The number of amides is 1. The molecule has 5 nitrogen and oxygen atoms in total. The van der Waals surface area contributed by atoms with E-state index in [4.69, 9.17) is 16.3 Å². The number of benzene rings is 1. The molecule has 6 heteroatoms. The van der Waals surface area contributed by atoms with Crippen LogP contribution in [0.15, 0.2) is 54.7 Å². The van der Waals surface area contributed by atoms with E-state index in [1.165, 1.54) is 6.08 Å². The van der Waals surface area contributed by atoms with Crippen LogP contribution in [0, 0.1) is 0 Å². The van der Waals surface area contributed by atoms with Gasteiger partial charge in [-0.1, -0.05) is 29.8 Å². The van der Waals surface area contributed by atoms with Gasteiger partial charge in [0.1, 0.15) is 11.4 Å². The Hall–Kier alpha value is -2.79. The summed E-state index contributed by atoms with van der Waals surface area (Å²) in [6.45, 7) is 0. The zero-order chi connectivity index (χ0) is 16.2. The van der Waals surface area contributed by atoms with Crippen molar-refractivity contribution >= 4 is 34.9 Å². The molecule has 0 spiro atoms. The van der Waals surface area contributed by atoms with Crippen molar-refractivity contribution in [3.05, 3.63) is 65.6 Å². The van der Waals surface area contributed by atoms with Crippen molar-refractivity contribution in [3.63, 3.8) is 0 Å². The molecule has 3 aromatic rings. The molecule has 1 N–H and O–H groups in total. The van der Waals surface area contributed by atoms with Gasteiger partial charge in [-0.15, -0.1) is 0 Å². The molecule has 0 radical (unpaired) electrons. The van der Waals surface area contributed by atoms with Gasteiger partial charge in [0.25, 0.3) is 0 Å². The maximum Gasteiger partial charge on any atom is 0.248 e. The summed E-state index contributed by atoms with van der Waals surface area (Å²) in [7, 11) is 1.55. The van der Waals surface area contributed by atoms with Crippen LogP contribution in [-0.4, -0.2) is 22.4 Å². The molecule has 0 atom stereocenters. The highest BCUT2D eigenvalue weighted by Crippen LogP contribution is 2.23. The molecule has 2 aromatic heterocycles. The van der Waals surface area contributed by atoms with Gasteiger partial charge >= 0.3 is 0 Å². The first-order chi connectivity index (χ1) is 11.2. The molecule has 1 aromatic carbocycles. The van der Waals surface area contributed by atoms with Gasteiger partial charge in [0.15, 0.2) is 5.15 Å². The summed E-state index contributed by atoms with van der Waals surface area (Å²) in [6.07, 6.45) is 4.88. The Kier molecular flexibility index (Phi) is 4.30. The number of rotatable bonds is 4. The minimum Gasteiger partial charge on any atom is -0.495 e. The summed E-state index contributed by atoms with van der Waals surface area (Å²) >= 11 is 6.12. The Balaban J connectivity index is 1.82. The number of ether oxygens (including phenoxy) is 1. The van der Waals surface area contributed by atoms with Gasteiger partial charge in [-0.2, -0.15) is 0 Å². The fraction of sp³-hybridized carbons (Fsp3) is 0.0588. The number of carbonyl (C=O) groups is 1. The summed E-state index contributed by atoms with van der Waals surface area (Å²) < 4.78 is 7.01. The molecule has 3 rings (SSSR count). The number of pyridine rings is 1. The maximum atomic E-state index is 12.1. The standard InChI is InChI=1S/C17H14ClN3O2/c1-23-14-7-3-2-6-12(14)19-16(22)10-9-13-17(18)20-15-8-4-5-11-21(13)15/h2-11H,1H3,(H,19,22)/b10-9+. The number of nitrogens with one attached hydrogen (secondary N) is 1. The highest BCUT2D eigenvalue weighted by Gasteiger charge is 2.08. The van der Waals surface area contributed by atoms with Crippen LogP contribution in [0.3, 0.4) is 0 Å². The molecule has 0 aliphatic heterocycles. The van der Waals surface area contributed by atoms with Crippen molar-refractivity contribution in [1.29, 1.82) is 0 Å². The predicted molar refractivity (Wildman–Crippen MR) is 90.9 cm³/mol. The number of methoxy groups -OCH3 is 1. The SMILES string of the molecule is COc1ccccc1NC(=O)/C=C/c1c(Cl)nc2ccccn12. The number of carbonyl (C=O) groups excluding carboxylic acids is 1. The first-order valence-electron chi connectivity index (χ1n) is 6.93. The van der Waals surface area contributed by atoms with Crippen LogP contribution in [-0.2, 0) is 4.79 Å². The Labute approximate surface area is 138 Å². The van der Waals surface area contributed by atoms with E-state index in [1.807, 2.05) is 40.9 Å². The fourth-order valence-electron chi connectivity index (χ4n) is 2.21. The quantitative estimate of drug-likeness (QED) is 0.744. The van der Waals surface area contributed by atoms with Gasteiger partial charge in [-0.25, -0.2) is 4.98 Å². The van der Waals surface area contributed by atoms with Gasteiger partial charge < -0.3 is 10.1 Å². The van der Waals surface area contributed by atoms with Gasteiger partial charge in [0, 0.05) is 12.3 Å². The van der Waals surface area contributed by atoms with Gasteiger partial charge in [0.2, 0.25) is 5.91 Å². The normalized spacial score (nSPS) is 11.0. The van der Waals surface area contributed by atoms with Crippen molar-refractivity contribution in [3.8, 4) is 5.75 Å². The summed E-state index contributed by atoms with van der Waals surface area (Å²) in [5.41, 5.74) is 1.98. The second kappa shape index (κ2) is 6.54. The Morgan fingerprint density at radius 3 is 2.87 bits per heavy atom. The lowest BCUT2D eigenvalue weighted by atomic mass is 10.3. The van der Waals surface area contributed by atoms with E-state index in [2.05, 4.69) is 10.3 Å². The highest BCUT2D eigenvalue weighted by molar-refractivity contribution is 6.31. The number of hydrogen-bond donors (Lipinski definition) is 1. The Bertz CT molecular complexity index is 886. The monoisotopic (exact) mass is 327 g/mol. The summed E-state index contributed by atoms with van der Waals surface area (Å²) in [5.74, 6) is 0.318. The third-order valence-corrected chi connectivity index (χ3v) is 3.56. The molecule has 0 unspecified atom stereocenters. The first-order valence-corrected chi connectivity index (χ1v) is 7.31. The molecule has 0 aliphatic carbocycles. The molecule has 0 aliphatic rings. The highest BCUT2D eigenvalue weighted by atomic mass is 35.5. The second-order valence-electron chi connectivity index (χ2n) is 4.74. The summed E-state index contributed by atoms with van der Waals surface area (Å²) in [4.78, 5) is 16.3. The van der Waals surface area contributed by atoms with Crippen molar-refractivity contribution in [1.82, 2.24) is 9.38 Å². The second-order valence-corrected chi connectivity index (χ2v) is 5.10. The van der Waals surface area contributed by atoms with Crippen LogP contribution in [0.25, 0.3) is 11.7 Å². The lowest BCUT2D eigenvalue weighted by Crippen LogP contribution is -2.08. The van der Waals surface area contributed by atoms with Crippen LogP contribution < -0.4 is 10.1 Å². The zero-order valence-electron chi connectivity index (χ0n) is 12.4. The predicted octanol–water partition coefficient (Wildman–Crippen LogP) is 3.65. The molecule has 116 valence electrons. The molecule has 2 heterocycles. The maximum absolute atomic E-state index is 12.1. The van der Waals surface area contributed by atoms with E-state index < -0.39 is 0 Å². The topological polar surface area (TPSA) is 55.6 Å². The molecule has 1 amide bonds. The summed E-state index contributed by atoms with van der Waals surface area (Å²) in [5, 5.41) is 3.11. The molecule has 0 bridgehead atoms. The Morgan fingerprint density at radius 2 is 2.04 bits per heavy atom. The number of halogens is 1. The first kappa shape index (κ1) is 15.1. The number of anilines is 1. The number of fused-ring (bicyclic) bond motifs is 1. The smallest absolute Gasteiger partial charge is 0.248 e. The van der Waals surface area contributed by atoms with Crippen LogP contribution in [0.5, 0.6) is 5.75 Å². The number of aromatic nitrogens is 2. The molecule has 0 saturated heterocycles. The van der Waals surface area contributed by atoms with Crippen LogP contribution in [0.1, 0.15) is 5.69 Å². The van der Waals surface area contributed by atoms with Crippen molar-refractivity contribution in [2.24, 2.45) is 0 Å². The lowest BCUT2D eigenvalue weighted by Gasteiger charge is -2.07. The molecular formula is C17H14ClN3O2. The molecule has 23 heavy (non-hydrogen) atoms. The molecule has 0 saturated carbocycles. The van der Waals surface area contributed by atoms with Gasteiger partial charge in [-0.3, -0.25) is 9.20 Å². The number of nitrogens with zero attached hydrogens (tertiary/aromatic N) is 2. The van der Waals surface area contributed by atoms with E-state index in [9.17, 15) is 4.79 Å².